The van der Waals surface area contributed by atoms with E-state index < -0.39 is 0 Å². The SMILES string of the molecule is CN(CCC1CCCN1)Cc1ccccn1. The summed E-state index contributed by atoms with van der Waals surface area (Å²) in [5.74, 6) is 0. The predicted molar refractivity (Wildman–Crippen MR) is 66.2 cm³/mol. The summed E-state index contributed by atoms with van der Waals surface area (Å²) in [6, 6.07) is 6.84. The highest BCUT2D eigenvalue weighted by Gasteiger charge is 2.14. The summed E-state index contributed by atoms with van der Waals surface area (Å²) in [7, 11) is 2.17. The maximum Gasteiger partial charge on any atom is 0.0543 e. The van der Waals surface area contributed by atoms with E-state index in [1.807, 2.05) is 12.3 Å². The highest BCUT2D eigenvalue weighted by atomic mass is 15.1. The van der Waals surface area contributed by atoms with Gasteiger partial charge in [-0.05, 0) is 51.5 Å². The van der Waals surface area contributed by atoms with E-state index in [2.05, 4.69) is 34.4 Å². The van der Waals surface area contributed by atoms with E-state index in [1.54, 1.807) is 0 Å². The molecule has 3 heteroatoms. The van der Waals surface area contributed by atoms with Gasteiger partial charge in [-0.1, -0.05) is 6.07 Å². The van der Waals surface area contributed by atoms with Crippen molar-refractivity contribution in [1.29, 1.82) is 0 Å². The van der Waals surface area contributed by atoms with Crippen molar-refractivity contribution in [3.8, 4) is 0 Å². The number of hydrogen-bond acceptors (Lipinski definition) is 3. The highest BCUT2D eigenvalue weighted by Crippen LogP contribution is 2.09. The second-order valence-corrected chi connectivity index (χ2v) is 4.64. The van der Waals surface area contributed by atoms with Crippen LogP contribution < -0.4 is 5.32 Å². The third kappa shape index (κ3) is 3.58. The van der Waals surface area contributed by atoms with Crippen molar-refractivity contribution in [3.63, 3.8) is 0 Å². The molecule has 1 aromatic rings. The van der Waals surface area contributed by atoms with Crippen molar-refractivity contribution < 1.29 is 0 Å². The van der Waals surface area contributed by atoms with E-state index in [4.69, 9.17) is 0 Å². The minimum Gasteiger partial charge on any atom is -0.314 e. The molecule has 88 valence electrons. The van der Waals surface area contributed by atoms with Crippen LogP contribution in [0.15, 0.2) is 24.4 Å². The van der Waals surface area contributed by atoms with Gasteiger partial charge in [-0.3, -0.25) is 4.98 Å². The molecule has 0 saturated carbocycles. The predicted octanol–water partition coefficient (Wildman–Crippen LogP) is 1.66. The third-order valence-electron chi connectivity index (χ3n) is 3.18. The number of nitrogens with zero attached hydrogens (tertiary/aromatic N) is 2. The Morgan fingerprint density at radius 2 is 2.44 bits per heavy atom. The molecule has 1 saturated heterocycles. The smallest absolute Gasteiger partial charge is 0.0543 e. The molecule has 0 spiro atoms. The molecule has 2 heterocycles. The maximum absolute atomic E-state index is 4.34. The van der Waals surface area contributed by atoms with Crippen molar-refractivity contribution >= 4 is 0 Å². The Morgan fingerprint density at radius 3 is 3.12 bits per heavy atom. The molecule has 1 unspecified atom stereocenters. The molecule has 0 amide bonds. The van der Waals surface area contributed by atoms with Gasteiger partial charge in [-0.25, -0.2) is 0 Å². The van der Waals surface area contributed by atoms with Gasteiger partial charge >= 0.3 is 0 Å². The zero-order valence-electron chi connectivity index (χ0n) is 10.0. The molecule has 1 fully saturated rings. The van der Waals surface area contributed by atoms with Crippen LogP contribution in [0.25, 0.3) is 0 Å². The first kappa shape index (κ1) is 11.6. The lowest BCUT2D eigenvalue weighted by molar-refractivity contribution is 0.302. The fourth-order valence-electron chi connectivity index (χ4n) is 2.23. The lowest BCUT2D eigenvalue weighted by Crippen LogP contribution is -2.28. The lowest BCUT2D eigenvalue weighted by atomic mass is 10.1. The molecular formula is C13H21N3. The van der Waals surface area contributed by atoms with Crippen LogP contribution in [0.4, 0.5) is 0 Å². The number of nitrogens with one attached hydrogen (secondary N) is 1. The second kappa shape index (κ2) is 5.97. The summed E-state index contributed by atoms with van der Waals surface area (Å²) >= 11 is 0. The van der Waals surface area contributed by atoms with Crippen molar-refractivity contribution in [2.45, 2.75) is 31.8 Å². The van der Waals surface area contributed by atoms with Gasteiger partial charge in [0.05, 0.1) is 5.69 Å². The number of pyridine rings is 1. The number of rotatable bonds is 5. The molecule has 1 atom stereocenters. The summed E-state index contributed by atoms with van der Waals surface area (Å²) in [4.78, 5) is 6.69. The van der Waals surface area contributed by atoms with Crippen LogP contribution in [-0.4, -0.2) is 36.1 Å². The fourth-order valence-corrected chi connectivity index (χ4v) is 2.23. The molecule has 1 aliphatic rings. The molecule has 0 bridgehead atoms. The van der Waals surface area contributed by atoms with Crippen molar-refractivity contribution in [1.82, 2.24) is 15.2 Å². The third-order valence-corrected chi connectivity index (χ3v) is 3.18. The molecule has 1 N–H and O–H groups in total. The maximum atomic E-state index is 4.34. The lowest BCUT2D eigenvalue weighted by Gasteiger charge is -2.18. The van der Waals surface area contributed by atoms with Gasteiger partial charge in [0.1, 0.15) is 0 Å². The van der Waals surface area contributed by atoms with Crippen LogP contribution in [0.1, 0.15) is 25.0 Å². The van der Waals surface area contributed by atoms with Gasteiger partial charge in [0.25, 0.3) is 0 Å². The summed E-state index contributed by atoms with van der Waals surface area (Å²) in [5.41, 5.74) is 1.16. The van der Waals surface area contributed by atoms with Crippen LogP contribution >= 0.6 is 0 Å². The van der Waals surface area contributed by atoms with E-state index in [9.17, 15) is 0 Å². The van der Waals surface area contributed by atoms with Gasteiger partial charge < -0.3 is 10.2 Å². The molecule has 0 radical (unpaired) electrons. The van der Waals surface area contributed by atoms with E-state index in [-0.39, 0.29) is 0 Å². The Hall–Kier alpha value is -0.930. The zero-order valence-corrected chi connectivity index (χ0v) is 10.0. The van der Waals surface area contributed by atoms with E-state index in [1.165, 1.54) is 25.8 Å². The minimum atomic E-state index is 0.742. The van der Waals surface area contributed by atoms with Gasteiger partial charge in [0.15, 0.2) is 0 Å². The molecule has 16 heavy (non-hydrogen) atoms. The summed E-state index contributed by atoms with van der Waals surface area (Å²) < 4.78 is 0. The molecule has 2 rings (SSSR count). The van der Waals surface area contributed by atoms with Crippen LogP contribution in [-0.2, 0) is 6.54 Å². The highest BCUT2D eigenvalue weighted by molar-refractivity contribution is 5.02. The van der Waals surface area contributed by atoms with Crippen molar-refractivity contribution in [2.75, 3.05) is 20.1 Å². The quantitative estimate of drug-likeness (QED) is 0.816. The van der Waals surface area contributed by atoms with Crippen molar-refractivity contribution in [3.05, 3.63) is 30.1 Å². The van der Waals surface area contributed by atoms with Crippen LogP contribution in [0.5, 0.6) is 0 Å². The Kier molecular flexibility index (Phi) is 4.31. The average Bonchev–Trinajstić information content (AvgIpc) is 2.81. The Morgan fingerprint density at radius 1 is 1.50 bits per heavy atom. The van der Waals surface area contributed by atoms with E-state index in [0.29, 0.717) is 0 Å². The summed E-state index contributed by atoms with van der Waals surface area (Å²) in [6.45, 7) is 3.30. The van der Waals surface area contributed by atoms with Crippen LogP contribution in [0.3, 0.4) is 0 Å². The normalized spacial score (nSPS) is 20.5. The minimum absolute atomic E-state index is 0.742. The van der Waals surface area contributed by atoms with Gasteiger partial charge in [-0.2, -0.15) is 0 Å². The van der Waals surface area contributed by atoms with E-state index in [0.717, 1.165) is 24.8 Å². The largest absolute Gasteiger partial charge is 0.314 e. The molecule has 3 nitrogen and oxygen atoms in total. The first-order valence-electron chi connectivity index (χ1n) is 6.16. The molecule has 0 aromatic carbocycles. The van der Waals surface area contributed by atoms with Crippen molar-refractivity contribution in [2.24, 2.45) is 0 Å². The number of aromatic nitrogens is 1. The Balaban J connectivity index is 1.69. The average molecular weight is 219 g/mol. The van der Waals surface area contributed by atoms with Crippen LogP contribution in [0.2, 0.25) is 0 Å². The Labute approximate surface area is 97.9 Å². The molecule has 0 aliphatic carbocycles. The zero-order chi connectivity index (χ0) is 11.2. The molecular weight excluding hydrogens is 198 g/mol. The first-order valence-corrected chi connectivity index (χ1v) is 6.16. The van der Waals surface area contributed by atoms with Gasteiger partial charge in [-0.15, -0.1) is 0 Å². The molecule has 1 aromatic heterocycles. The van der Waals surface area contributed by atoms with E-state index >= 15 is 0 Å². The Bertz CT molecular complexity index is 293. The summed E-state index contributed by atoms with van der Waals surface area (Å²) in [5, 5.41) is 3.53. The van der Waals surface area contributed by atoms with Gasteiger partial charge in [0.2, 0.25) is 0 Å². The van der Waals surface area contributed by atoms with Crippen LogP contribution in [0, 0.1) is 0 Å². The first-order chi connectivity index (χ1) is 7.84. The summed E-state index contributed by atoms with van der Waals surface area (Å²) in [6.07, 6.45) is 5.80. The number of hydrogen-bond donors (Lipinski definition) is 1. The van der Waals surface area contributed by atoms with Gasteiger partial charge in [0, 0.05) is 18.8 Å². The second-order valence-electron chi connectivity index (χ2n) is 4.64. The molecule has 1 aliphatic heterocycles. The standard InChI is InChI=1S/C13H21N3/c1-16(10-7-12-6-4-9-14-12)11-13-5-2-3-8-15-13/h2-3,5,8,12,14H,4,6-7,9-11H2,1H3. The topological polar surface area (TPSA) is 28.2 Å². The monoisotopic (exact) mass is 219 g/mol. The fraction of sp³-hybridized carbons (Fsp3) is 0.615.